The van der Waals surface area contributed by atoms with Gasteiger partial charge in [-0.1, -0.05) is 6.92 Å². The molecule has 0 aromatic heterocycles. The fourth-order valence-electron chi connectivity index (χ4n) is 1.94. The second kappa shape index (κ2) is 5.49. The van der Waals surface area contributed by atoms with E-state index in [0.29, 0.717) is 0 Å². The molecule has 15 heavy (non-hydrogen) atoms. The highest BCUT2D eigenvalue weighted by molar-refractivity contribution is 5.15. The number of ether oxygens (including phenoxy) is 2. The van der Waals surface area contributed by atoms with Crippen molar-refractivity contribution in [2.75, 3.05) is 13.7 Å². The molecule has 1 rings (SSSR count). The van der Waals surface area contributed by atoms with Crippen molar-refractivity contribution in [3.8, 4) is 0 Å². The zero-order chi connectivity index (χ0) is 11.3. The van der Waals surface area contributed by atoms with Crippen LogP contribution in [0, 0.1) is 0 Å². The molecular formula is C11H22N2O2. The predicted octanol–water partition coefficient (Wildman–Crippen LogP) is 1.33. The van der Waals surface area contributed by atoms with E-state index in [9.17, 15) is 0 Å². The number of rotatable bonds is 5. The van der Waals surface area contributed by atoms with Crippen LogP contribution in [0.25, 0.3) is 0 Å². The highest BCUT2D eigenvalue weighted by atomic mass is 16.5. The molecular weight excluding hydrogens is 192 g/mol. The van der Waals surface area contributed by atoms with Crippen LogP contribution in [0.3, 0.4) is 0 Å². The molecule has 0 saturated heterocycles. The third-order valence-electron chi connectivity index (χ3n) is 3.28. The van der Waals surface area contributed by atoms with Gasteiger partial charge in [-0.25, -0.2) is 0 Å². The van der Waals surface area contributed by atoms with Crippen molar-refractivity contribution in [2.24, 2.45) is 5.84 Å². The first-order valence-corrected chi connectivity index (χ1v) is 5.49. The quantitative estimate of drug-likeness (QED) is 0.535. The standard InChI is InChI=1S/C11H22N2O2/c1-4-11(2,14-3)10(13-12)9-6-5-7-15-8-9/h8,10,13H,4-7,12H2,1-3H3. The molecule has 0 fully saturated rings. The lowest BCUT2D eigenvalue weighted by Crippen LogP contribution is -2.53. The Bertz CT molecular complexity index is 225. The first-order chi connectivity index (χ1) is 7.18. The maximum absolute atomic E-state index is 5.61. The highest BCUT2D eigenvalue weighted by Crippen LogP contribution is 2.27. The maximum atomic E-state index is 5.61. The number of hydrogen-bond donors (Lipinski definition) is 2. The number of methoxy groups -OCH3 is 1. The molecule has 3 N–H and O–H groups in total. The summed E-state index contributed by atoms with van der Waals surface area (Å²) in [6.45, 7) is 4.96. The average Bonchev–Trinajstić information content (AvgIpc) is 2.31. The van der Waals surface area contributed by atoms with Gasteiger partial charge in [0.2, 0.25) is 0 Å². The van der Waals surface area contributed by atoms with Crippen molar-refractivity contribution >= 4 is 0 Å². The molecule has 0 aromatic rings. The van der Waals surface area contributed by atoms with Crippen LogP contribution in [0.4, 0.5) is 0 Å². The van der Waals surface area contributed by atoms with Crippen LogP contribution in [-0.4, -0.2) is 25.4 Å². The van der Waals surface area contributed by atoms with Crippen LogP contribution in [-0.2, 0) is 9.47 Å². The highest BCUT2D eigenvalue weighted by Gasteiger charge is 2.35. The molecule has 0 radical (unpaired) electrons. The molecule has 1 heterocycles. The molecule has 0 saturated carbocycles. The Balaban J connectivity index is 2.81. The maximum Gasteiger partial charge on any atom is 0.0876 e. The van der Waals surface area contributed by atoms with Gasteiger partial charge in [0.15, 0.2) is 0 Å². The van der Waals surface area contributed by atoms with Crippen molar-refractivity contribution in [1.29, 1.82) is 0 Å². The van der Waals surface area contributed by atoms with E-state index < -0.39 is 0 Å². The summed E-state index contributed by atoms with van der Waals surface area (Å²) in [5.41, 5.74) is 3.75. The van der Waals surface area contributed by atoms with E-state index in [4.69, 9.17) is 15.3 Å². The summed E-state index contributed by atoms with van der Waals surface area (Å²) in [5, 5.41) is 0. The number of nitrogens with one attached hydrogen (secondary N) is 1. The third-order valence-corrected chi connectivity index (χ3v) is 3.28. The van der Waals surface area contributed by atoms with Crippen molar-refractivity contribution in [1.82, 2.24) is 5.43 Å². The van der Waals surface area contributed by atoms with E-state index in [2.05, 4.69) is 19.3 Å². The van der Waals surface area contributed by atoms with Gasteiger partial charge in [0, 0.05) is 7.11 Å². The van der Waals surface area contributed by atoms with Gasteiger partial charge >= 0.3 is 0 Å². The van der Waals surface area contributed by atoms with Crippen LogP contribution >= 0.6 is 0 Å². The molecule has 0 bridgehead atoms. The van der Waals surface area contributed by atoms with Crippen LogP contribution < -0.4 is 11.3 Å². The zero-order valence-electron chi connectivity index (χ0n) is 9.88. The monoisotopic (exact) mass is 214 g/mol. The van der Waals surface area contributed by atoms with Crippen molar-refractivity contribution in [3.05, 3.63) is 11.8 Å². The van der Waals surface area contributed by atoms with E-state index in [0.717, 1.165) is 25.9 Å². The van der Waals surface area contributed by atoms with E-state index in [1.165, 1.54) is 5.57 Å². The van der Waals surface area contributed by atoms with Gasteiger partial charge in [-0.05, 0) is 31.8 Å². The Morgan fingerprint density at radius 2 is 2.47 bits per heavy atom. The minimum Gasteiger partial charge on any atom is -0.501 e. The first kappa shape index (κ1) is 12.5. The third kappa shape index (κ3) is 2.71. The lowest BCUT2D eigenvalue weighted by molar-refractivity contribution is -0.0217. The van der Waals surface area contributed by atoms with Crippen molar-refractivity contribution < 1.29 is 9.47 Å². The van der Waals surface area contributed by atoms with Crippen LogP contribution in [0.2, 0.25) is 0 Å². The Hall–Kier alpha value is -0.580. The normalized spacial score (nSPS) is 22.5. The second-order valence-electron chi connectivity index (χ2n) is 4.14. The van der Waals surface area contributed by atoms with Gasteiger partial charge in [-0.3, -0.25) is 11.3 Å². The Morgan fingerprint density at radius 1 is 1.73 bits per heavy atom. The summed E-state index contributed by atoms with van der Waals surface area (Å²) in [6, 6.07) is 0.0211. The van der Waals surface area contributed by atoms with E-state index in [-0.39, 0.29) is 11.6 Å². The van der Waals surface area contributed by atoms with E-state index in [1.54, 1.807) is 7.11 Å². The van der Waals surface area contributed by atoms with Crippen LogP contribution in [0.5, 0.6) is 0 Å². The fraction of sp³-hybridized carbons (Fsp3) is 0.818. The molecule has 0 spiro atoms. The van der Waals surface area contributed by atoms with E-state index >= 15 is 0 Å². The molecule has 0 amide bonds. The Kier molecular flexibility index (Phi) is 4.57. The second-order valence-corrected chi connectivity index (χ2v) is 4.14. The minimum atomic E-state index is -0.277. The molecule has 4 heteroatoms. The summed E-state index contributed by atoms with van der Waals surface area (Å²) in [7, 11) is 1.72. The largest absolute Gasteiger partial charge is 0.501 e. The molecule has 88 valence electrons. The summed E-state index contributed by atoms with van der Waals surface area (Å²) in [6.07, 6.45) is 4.79. The molecule has 2 unspecified atom stereocenters. The molecule has 0 aliphatic carbocycles. The molecule has 4 nitrogen and oxygen atoms in total. The number of hydrogen-bond acceptors (Lipinski definition) is 4. The first-order valence-electron chi connectivity index (χ1n) is 5.49. The summed E-state index contributed by atoms with van der Waals surface area (Å²) in [5.74, 6) is 5.61. The topological polar surface area (TPSA) is 56.5 Å². The fourth-order valence-corrected chi connectivity index (χ4v) is 1.94. The van der Waals surface area contributed by atoms with Crippen LogP contribution in [0.1, 0.15) is 33.1 Å². The summed E-state index contributed by atoms with van der Waals surface area (Å²) < 4.78 is 10.9. The zero-order valence-corrected chi connectivity index (χ0v) is 9.88. The van der Waals surface area contributed by atoms with Gasteiger partial charge in [0.1, 0.15) is 0 Å². The minimum absolute atomic E-state index is 0.0211. The molecule has 1 aliphatic heterocycles. The van der Waals surface area contributed by atoms with Crippen LogP contribution in [0.15, 0.2) is 11.8 Å². The Labute approximate surface area is 91.8 Å². The smallest absolute Gasteiger partial charge is 0.0876 e. The summed E-state index contributed by atoms with van der Waals surface area (Å²) in [4.78, 5) is 0. The van der Waals surface area contributed by atoms with Gasteiger partial charge in [0.25, 0.3) is 0 Å². The molecule has 2 atom stereocenters. The molecule has 0 aromatic carbocycles. The van der Waals surface area contributed by atoms with E-state index in [1.807, 2.05) is 6.26 Å². The average molecular weight is 214 g/mol. The number of nitrogens with two attached hydrogens (primary N) is 1. The van der Waals surface area contributed by atoms with Gasteiger partial charge in [-0.15, -0.1) is 0 Å². The van der Waals surface area contributed by atoms with Crippen molar-refractivity contribution in [2.45, 2.75) is 44.8 Å². The Morgan fingerprint density at radius 3 is 2.87 bits per heavy atom. The lowest BCUT2D eigenvalue weighted by Gasteiger charge is -2.37. The molecule has 1 aliphatic rings. The number of hydrazine groups is 1. The predicted molar refractivity (Wildman–Crippen MR) is 60.1 cm³/mol. The van der Waals surface area contributed by atoms with Gasteiger partial charge < -0.3 is 9.47 Å². The van der Waals surface area contributed by atoms with Gasteiger partial charge in [0.05, 0.1) is 24.5 Å². The SMILES string of the molecule is CCC(C)(OC)C(NN)C1=COCCC1. The van der Waals surface area contributed by atoms with Crippen molar-refractivity contribution in [3.63, 3.8) is 0 Å². The summed E-state index contributed by atoms with van der Waals surface area (Å²) >= 11 is 0. The van der Waals surface area contributed by atoms with Gasteiger partial charge in [-0.2, -0.15) is 0 Å². The lowest BCUT2D eigenvalue weighted by atomic mass is 9.86.